The van der Waals surface area contributed by atoms with E-state index in [9.17, 15) is 23.9 Å². The Morgan fingerprint density at radius 1 is 1.20 bits per heavy atom. The summed E-state index contributed by atoms with van der Waals surface area (Å²) in [6.07, 6.45) is 1.55. The number of hydrogen-bond donors (Lipinski definition) is 3. The van der Waals surface area contributed by atoms with E-state index in [-0.39, 0.29) is 33.0 Å². The number of nitrogens with zero attached hydrogens (tertiary/aromatic N) is 1. The van der Waals surface area contributed by atoms with Crippen LogP contribution in [0.1, 0.15) is 45.8 Å². The van der Waals surface area contributed by atoms with E-state index in [0.29, 0.717) is 37.9 Å². The SMILES string of the molecule is O=C(N[C@H]1C[C@H](O)C1)C(=O)c1c(Cl)c(C(=O)Nc2ccc(F)c(Cl)c2)c2n1CCC2. The summed E-state index contributed by atoms with van der Waals surface area (Å²) < 4.78 is 15.0. The van der Waals surface area contributed by atoms with Crippen molar-refractivity contribution in [3.8, 4) is 0 Å². The number of nitrogens with one attached hydrogen (secondary N) is 2. The molecule has 0 unspecified atom stereocenters. The Morgan fingerprint density at radius 3 is 2.60 bits per heavy atom. The zero-order valence-corrected chi connectivity index (χ0v) is 17.2. The van der Waals surface area contributed by atoms with E-state index < -0.39 is 29.5 Å². The molecule has 1 aliphatic heterocycles. The van der Waals surface area contributed by atoms with Gasteiger partial charge in [0.25, 0.3) is 17.6 Å². The van der Waals surface area contributed by atoms with Crippen molar-refractivity contribution in [2.24, 2.45) is 0 Å². The second kappa shape index (κ2) is 8.02. The minimum Gasteiger partial charge on any atom is -0.393 e. The summed E-state index contributed by atoms with van der Waals surface area (Å²) in [6.45, 7) is 0.460. The molecule has 1 aromatic carbocycles. The van der Waals surface area contributed by atoms with Crippen molar-refractivity contribution in [1.29, 1.82) is 0 Å². The third-order valence-corrected chi connectivity index (χ3v) is 6.04. The number of Topliss-reactive ketones (excluding diaryl/α,β-unsaturated/α-hetero) is 1. The van der Waals surface area contributed by atoms with Gasteiger partial charge in [-0.3, -0.25) is 14.4 Å². The van der Waals surface area contributed by atoms with E-state index >= 15 is 0 Å². The lowest BCUT2D eigenvalue weighted by Gasteiger charge is -2.31. The van der Waals surface area contributed by atoms with Crippen LogP contribution in [0, 0.1) is 5.82 Å². The molecule has 30 heavy (non-hydrogen) atoms. The number of carbonyl (C=O) groups excluding carboxylic acids is 3. The average Bonchev–Trinajstić information content (AvgIpc) is 3.22. The first-order valence-corrected chi connectivity index (χ1v) is 10.2. The van der Waals surface area contributed by atoms with Crippen LogP contribution in [0.2, 0.25) is 10.0 Å². The molecular formula is C20H18Cl2FN3O4. The highest BCUT2D eigenvalue weighted by Crippen LogP contribution is 2.34. The molecule has 3 N–H and O–H groups in total. The fourth-order valence-corrected chi connectivity index (χ4v) is 4.39. The number of aliphatic hydroxyl groups is 1. The minimum absolute atomic E-state index is 0.0242. The third kappa shape index (κ3) is 3.71. The Bertz CT molecular complexity index is 1060. The maximum absolute atomic E-state index is 13.4. The fourth-order valence-electron chi connectivity index (χ4n) is 3.83. The molecule has 10 heteroatoms. The summed E-state index contributed by atoms with van der Waals surface area (Å²) in [5.41, 5.74) is 0.934. The smallest absolute Gasteiger partial charge is 0.294 e. The van der Waals surface area contributed by atoms with Crippen LogP contribution in [0.3, 0.4) is 0 Å². The number of aliphatic hydroxyl groups excluding tert-OH is 1. The van der Waals surface area contributed by atoms with E-state index in [1.165, 1.54) is 12.1 Å². The first-order valence-electron chi connectivity index (χ1n) is 9.46. The van der Waals surface area contributed by atoms with Crippen molar-refractivity contribution in [3.63, 3.8) is 0 Å². The van der Waals surface area contributed by atoms with Crippen LogP contribution in [0.4, 0.5) is 10.1 Å². The molecule has 158 valence electrons. The zero-order chi connectivity index (χ0) is 21.6. The molecule has 4 rings (SSSR count). The molecule has 1 saturated carbocycles. The van der Waals surface area contributed by atoms with E-state index in [1.54, 1.807) is 4.57 Å². The van der Waals surface area contributed by atoms with Gasteiger partial charge in [-0.05, 0) is 43.9 Å². The van der Waals surface area contributed by atoms with Crippen LogP contribution in [0.5, 0.6) is 0 Å². The molecule has 7 nitrogen and oxygen atoms in total. The minimum atomic E-state index is -0.826. The summed E-state index contributed by atoms with van der Waals surface area (Å²) >= 11 is 12.2. The van der Waals surface area contributed by atoms with Gasteiger partial charge in [-0.15, -0.1) is 0 Å². The number of ketones is 1. The second-order valence-electron chi connectivity index (χ2n) is 7.45. The molecule has 2 aromatic rings. The highest BCUT2D eigenvalue weighted by molar-refractivity contribution is 6.48. The molecule has 2 amide bonds. The normalized spacial score (nSPS) is 19.7. The number of hydrogen-bond acceptors (Lipinski definition) is 4. The third-order valence-electron chi connectivity index (χ3n) is 5.38. The molecule has 0 bridgehead atoms. The maximum atomic E-state index is 13.4. The highest BCUT2D eigenvalue weighted by Gasteiger charge is 2.36. The number of fused-ring (bicyclic) bond motifs is 1. The predicted octanol–water partition coefficient (Wildman–Crippen LogP) is 2.95. The molecular weight excluding hydrogens is 436 g/mol. The van der Waals surface area contributed by atoms with E-state index in [2.05, 4.69) is 10.6 Å². The molecule has 1 fully saturated rings. The number of rotatable bonds is 5. The van der Waals surface area contributed by atoms with Gasteiger partial charge in [-0.2, -0.15) is 0 Å². The molecule has 2 heterocycles. The van der Waals surface area contributed by atoms with Crippen molar-refractivity contribution in [3.05, 3.63) is 51.0 Å². The van der Waals surface area contributed by atoms with Crippen LogP contribution in [0.15, 0.2) is 18.2 Å². The summed E-state index contributed by atoms with van der Waals surface area (Å²) in [7, 11) is 0. The van der Waals surface area contributed by atoms with E-state index in [0.717, 1.165) is 6.07 Å². The number of anilines is 1. The van der Waals surface area contributed by atoms with Crippen molar-refractivity contribution >= 4 is 46.5 Å². The van der Waals surface area contributed by atoms with Gasteiger partial charge in [0.15, 0.2) is 0 Å². The van der Waals surface area contributed by atoms with Gasteiger partial charge in [0.1, 0.15) is 11.5 Å². The van der Waals surface area contributed by atoms with Gasteiger partial charge >= 0.3 is 0 Å². The van der Waals surface area contributed by atoms with Gasteiger partial charge < -0.3 is 20.3 Å². The number of halogens is 3. The molecule has 0 saturated heterocycles. The molecule has 1 aliphatic carbocycles. The van der Waals surface area contributed by atoms with Crippen molar-refractivity contribution < 1.29 is 23.9 Å². The first-order chi connectivity index (χ1) is 14.3. The molecule has 0 spiro atoms. The zero-order valence-electron chi connectivity index (χ0n) is 15.7. The van der Waals surface area contributed by atoms with Gasteiger partial charge in [0.05, 0.1) is 21.7 Å². The van der Waals surface area contributed by atoms with Gasteiger partial charge in [0, 0.05) is 24.0 Å². The summed E-state index contributed by atoms with van der Waals surface area (Å²) in [5, 5.41) is 14.3. The first kappa shape index (κ1) is 20.8. The van der Waals surface area contributed by atoms with Crippen molar-refractivity contribution in [1.82, 2.24) is 9.88 Å². The largest absolute Gasteiger partial charge is 0.393 e. The number of carbonyl (C=O) groups is 3. The van der Waals surface area contributed by atoms with Gasteiger partial charge in [-0.1, -0.05) is 23.2 Å². The van der Waals surface area contributed by atoms with Crippen LogP contribution in [-0.2, 0) is 17.8 Å². The lowest BCUT2D eigenvalue weighted by molar-refractivity contribution is -0.119. The monoisotopic (exact) mass is 453 g/mol. The summed E-state index contributed by atoms with van der Waals surface area (Å²) in [5.74, 6) is -2.84. The summed E-state index contributed by atoms with van der Waals surface area (Å²) in [4.78, 5) is 38.0. The number of aromatic nitrogens is 1. The molecule has 0 atom stereocenters. The Hall–Kier alpha value is -2.42. The Morgan fingerprint density at radius 2 is 1.93 bits per heavy atom. The van der Waals surface area contributed by atoms with Crippen LogP contribution >= 0.6 is 23.2 Å². The van der Waals surface area contributed by atoms with Gasteiger partial charge in [0.2, 0.25) is 0 Å². The second-order valence-corrected chi connectivity index (χ2v) is 8.23. The van der Waals surface area contributed by atoms with Crippen LogP contribution in [0.25, 0.3) is 0 Å². The van der Waals surface area contributed by atoms with Crippen LogP contribution in [-0.4, -0.2) is 39.4 Å². The number of benzene rings is 1. The van der Waals surface area contributed by atoms with E-state index in [1.807, 2.05) is 0 Å². The lowest BCUT2D eigenvalue weighted by Crippen LogP contribution is -2.49. The Balaban J connectivity index is 1.60. The Labute approximate surface area is 181 Å². The highest BCUT2D eigenvalue weighted by atomic mass is 35.5. The summed E-state index contributed by atoms with van der Waals surface area (Å²) in [6, 6.07) is 3.50. The standard InChI is InChI=1S/C20H18Cl2FN3O4/c21-12-8-9(3-4-13(12)23)24-19(29)15-14-2-1-5-26(14)17(16(15)22)18(28)20(30)25-10-6-11(27)7-10/h3-4,8,10-11,27H,1-2,5-7H2,(H,24,29)(H,25,30)/t10-,11-. The molecule has 0 radical (unpaired) electrons. The van der Waals surface area contributed by atoms with Crippen molar-refractivity contribution in [2.45, 2.75) is 44.4 Å². The molecule has 2 aliphatic rings. The maximum Gasteiger partial charge on any atom is 0.294 e. The Kier molecular flexibility index (Phi) is 5.57. The predicted molar refractivity (Wildman–Crippen MR) is 109 cm³/mol. The average molecular weight is 454 g/mol. The van der Waals surface area contributed by atoms with Gasteiger partial charge in [-0.25, -0.2) is 4.39 Å². The van der Waals surface area contributed by atoms with E-state index in [4.69, 9.17) is 23.2 Å². The number of amides is 2. The van der Waals surface area contributed by atoms with Crippen LogP contribution < -0.4 is 10.6 Å². The van der Waals surface area contributed by atoms with Crippen molar-refractivity contribution in [2.75, 3.05) is 5.32 Å². The quantitative estimate of drug-likeness (QED) is 0.478. The molecule has 1 aromatic heterocycles. The topological polar surface area (TPSA) is 100 Å². The lowest BCUT2D eigenvalue weighted by atomic mass is 9.89. The fraction of sp³-hybridized carbons (Fsp3) is 0.350.